The van der Waals surface area contributed by atoms with E-state index in [1.807, 2.05) is 6.20 Å². The number of aromatic nitrogens is 3. The van der Waals surface area contributed by atoms with Gasteiger partial charge in [0.2, 0.25) is 0 Å². The molecule has 2 N–H and O–H groups in total. The highest BCUT2D eigenvalue weighted by molar-refractivity contribution is 5.06. The van der Waals surface area contributed by atoms with Gasteiger partial charge in [-0.3, -0.25) is 0 Å². The SMILES string of the molecule is OCCn1cc(CNC2CC3CC2C2CCCC32)nn1. The molecule has 5 nitrogen and oxygen atoms in total. The number of fused-ring (bicyclic) bond motifs is 5. The van der Waals surface area contributed by atoms with Crippen molar-refractivity contribution >= 4 is 0 Å². The molecule has 2 bridgehead atoms. The van der Waals surface area contributed by atoms with Crippen molar-refractivity contribution < 1.29 is 5.11 Å². The molecule has 0 radical (unpaired) electrons. The van der Waals surface area contributed by atoms with Crippen molar-refractivity contribution in [3.8, 4) is 0 Å². The Morgan fingerprint density at radius 2 is 2.15 bits per heavy atom. The van der Waals surface area contributed by atoms with Crippen molar-refractivity contribution in [1.29, 1.82) is 0 Å². The predicted octanol–water partition coefficient (Wildman–Crippen LogP) is 1.18. The number of hydrogen-bond donors (Lipinski definition) is 2. The Morgan fingerprint density at radius 1 is 1.25 bits per heavy atom. The first kappa shape index (κ1) is 12.8. The molecule has 0 spiro atoms. The minimum absolute atomic E-state index is 0.117. The van der Waals surface area contributed by atoms with E-state index in [1.165, 1.54) is 32.1 Å². The number of hydrogen-bond acceptors (Lipinski definition) is 4. The summed E-state index contributed by atoms with van der Waals surface area (Å²) in [4.78, 5) is 0. The van der Waals surface area contributed by atoms with Crippen LogP contribution in [0, 0.1) is 23.7 Å². The molecule has 3 saturated carbocycles. The minimum atomic E-state index is 0.117. The molecule has 5 heteroatoms. The van der Waals surface area contributed by atoms with Gasteiger partial charge in [0.1, 0.15) is 0 Å². The highest BCUT2D eigenvalue weighted by atomic mass is 16.3. The van der Waals surface area contributed by atoms with Crippen LogP contribution in [-0.2, 0) is 13.1 Å². The molecular weight excluding hydrogens is 252 g/mol. The Bertz CT molecular complexity index is 474. The normalized spacial score (nSPS) is 38.5. The molecule has 5 unspecified atom stereocenters. The first-order chi connectivity index (χ1) is 9.85. The maximum Gasteiger partial charge on any atom is 0.0964 e. The first-order valence-corrected chi connectivity index (χ1v) is 8.08. The predicted molar refractivity (Wildman–Crippen MR) is 74.8 cm³/mol. The van der Waals surface area contributed by atoms with Crippen LogP contribution in [0.1, 0.15) is 37.8 Å². The molecule has 110 valence electrons. The Balaban J connectivity index is 1.34. The van der Waals surface area contributed by atoms with Gasteiger partial charge in [-0.1, -0.05) is 11.6 Å². The summed E-state index contributed by atoms with van der Waals surface area (Å²) in [5, 5.41) is 20.8. The van der Waals surface area contributed by atoms with E-state index in [2.05, 4.69) is 15.6 Å². The highest BCUT2D eigenvalue weighted by Crippen LogP contribution is 2.58. The fraction of sp³-hybridized carbons (Fsp3) is 0.867. The zero-order valence-electron chi connectivity index (χ0n) is 11.9. The lowest BCUT2D eigenvalue weighted by Gasteiger charge is -2.32. The topological polar surface area (TPSA) is 63.0 Å². The number of rotatable bonds is 5. The van der Waals surface area contributed by atoms with Crippen LogP contribution in [0.5, 0.6) is 0 Å². The molecule has 0 aromatic carbocycles. The second kappa shape index (κ2) is 5.11. The van der Waals surface area contributed by atoms with Gasteiger partial charge in [-0.2, -0.15) is 0 Å². The van der Waals surface area contributed by atoms with Gasteiger partial charge in [0.25, 0.3) is 0 Å². The molecule has 1 aromatic heterocycles. The van der Waals surface area contributed by atoms with Crippen molar-refractivity contribution in [2.75, 3.05) is 6.61 Å². The average molecular weight is 276 g/mol. The quantitative estimate of drug-likeness (QED) is 0.848. The fourth-order valence-corrected chi connectivity index (χ4v) is 5.17. The van der Waals surface area contributed by atoms with Crippen LogP contribution in [0.15, 0.2) is 6.20 Å². The third-order valence-electron chi connectivity index (χ3n) is 5.89. The molecular formula is C15H24N4O. The summed E-state index contributed by atoms with van der Waals surface area (Å²) in [5.74, 6) is 3.98. The molecule has 0 amide bonds. The Labute approximate surface area is 119 Å². The van der Waals surface area contributed by atoms with E-state index in [1.54, 1.807) is 4.68 Å². The van der Waals surface area contributed by atoms with Crippen molar-refractivity contribution in [3.05, 3.63) is 11.9 Å². The lowest BCUT2D eigenvalue weighted by Crippen LogP contribution is -2.39. The van der Waals surface area contributed by atoms with Gasteiger partial charge in [0.05, 0.1) is 18.8 Å². The summed E-state index contributed by atoms with van der Waals surface area (Å²) in [6.07, 6.45) is 9.20. The number of nitrogens with zero attached hydrogens (tertiary/aromatic N) is 3. The third kappa shape index (κ3) is 2.07. The van der Waals surface area contributed by atoms with Crippen molar-refractivity contribution in [3.63, 3.8) is 0 Å². The molecule has 3 aliphatic carbocycles. The molecule has 4 rings (SSSR count). The van der Waals surface area contributed by atoms with Crippen LogP contribution in [0.4, 0.5) is 0 Å². The fourth-order valence-electron chi connectivity index (χ4n) is 5.17. The van der Waals surface area contributed by atoms with Gasteiger partial charge in [-0.05, 0) is 49.4 Å². The summed E-state index contributed by atoms with van der Waals surface area (Å²) in [6.45, 7) is 1.47. The van der Waals surface area contributed by atoms with E-state index in [0.29, 0.717) is 12.6 Å². The first-order valence-electron chi connectivity index (χ1n) is 8.08. The van der Waals surface area contributed by atoms with Crippen molar-refractivity contribution in [1.82, 2.24) is 20.3 Å². The molecule has 1 heterocycles. The summed E-state index contributed by atoms with van der Waals surface area (Å²) in [7, 11) is 0. The van der Waals surface area contributed by atoms with E-state index in [4.69, 9.17) is 5.11 Å². The van der Waals surface area contributed by atoms with Gasteiger partial charge in [-0.15, -0.1) is 5.10 Å². The van der Waals surface area contributed by atoms with E-state index in [-0.39, 0.29) is 6.61 Å². The second-order valence-corrected chi connectivity index (χ2v) is 6.84. The van der Waals surface area contributed by atoms with Crippen LogP contribution < -0.4 is 5.32 Å². The number of aliphatic hydroxyl groups is 1. The zero-order chi connectivity index (χ0) is 13.5. The van der Waals surface area contributed by atoms with Gasteiger partial charge in [0, 0.05) is 18.8 Å². The summed E-state index contributed by atoms with van der Waals surface area (Å²) in [6, 6.07) is 0.697. The smallest absolute Gasteiger partial charge is 0.0964 e. The van der Waals surface area contributed by atoms with Crippen LogP contribution in [0.25, 0.3) is 0 Å². The van der Waals surface area contributed by atoms with Crippen LogP contribution in [0.2, 0.25) is 0 Å². The van der Waals surface area contributed by atoms with Crippen molar-refractivity contribution in [2.24, 2.45) is 23.7 Å². The second-order valence-electron chi connectivity index (χ2n) is 6.84. The van der Waals surface area contributed by atoms with Crippen molar-refractivity contribution in [2.45, 2.75) is 51.2 Å². The zero-order valence-corrected chi connectivity index (χ0v) is 11.9. The Morgan fingerprint density at radius 3 is 3.05 bits per heavy atom. The minimum Gasteiger partial charge on any atom is -0.394 e. The molecule has 0 aliphatic heterocycles. The van der Waals surface area contributed by atoms with Gasteiger partial charge < -0.3 is 10.4 Å². The summed E-state index contributed by atoms with van der Waals surface area (Å²) >= 11 is 0. The lowest BCUT2D eigenvalue weighted by molar-refractivity contribution is 0.207. The lowest BCUT2D eigenvalue weighted by atomic mass is 9.79. The molecule has 0 saturated heterocycles. The van der Waals surface area contributed by atoms with Gasteiger partial charge >= 0.3 is 0 Å². The number of nitrogens with one attached hydrogen (secondary N) is 1. The van der Waals surface area contributed by atoms with Crippen LogP contribution >= 0.6 is 0 Å². The monoisotopic (exact) mass is 276 g/mol. The molecule has 1 aromatic rings. The molecule has 5 atom stereocenters. The molecule has 20 heavy (non-hydrogen) atoms. The van der Waals surface area contributed by atoms with Crippen LogP contribution in [0.3, 0.4) is 0 Å². The van der Waals surface area contributed by atoms with E-state index in [9.17, 15) is 0 Å². The summed E-state index contributed by atoms with van der Waals surface area (Å²) < 4.78 is 1.71. The van der Waals surface area contributed by atoms with E-state index >= 15 is 0 Å². The standard InChI is InChI=1S/C15H24N4O/c20-5-4-19-9-11(17-18-19)8-16-15-7-10-6-14(15)13-3-1-2-12(10)13/h9-10,12-16,20H,1-8H2. The Kier molecular flexibility index (Phi) is 3.27. The van der Waals surface area contributed by atoms with Gasteiger partial charge in [0.15, 0.2) is 0 Å². The maximum absolute atomic E-state index is 8.89. The Hall–Kier alpha value is -0.940. The highest BCUT2D eigenvalue weighted by Gasteiger charge is 2.53. The largest absolute Gasteiger partial charge is 0.394 e. The molecule has 3 fully saturated rings. The van der Waals surface area contributed by atoms with Crippen LogP contribution in [-0.4, -0.2) is 32.7 Å². The number of aliphatic hydroxyl groups excluding tert-OH is 1. The van der Waals surface area contributed by atoms with Gasteiger partial charge in [-0.25, -0.2) is 4.68 Å². The average Bonchev–Trinajstić information content (AvgIpc) is 3.18. The maximum atomic E-state index is 8.89. The third-order valence-corrected chi connectivity index (χ3v) is 5.89. The summed E-state index contributed by atoms with van der Waals surface area (Å²) in [5.41, 5.74) is 0.990. The van der Waals surface area contributed by atoms with E-state index < -0.39 is 0 Å². The van der Waals surface area contributed by atoms with E-state index in [0.717, 1.165) is 35.9 Å². The molecule has 3 aliphatic rings.